The smallest absolute Gasteiger partial charge is 0.00955 e. The molecule has 0 radical (unpaired) electrons. The van der Waals surface area contributed by atoms with Gasteiger partial charge in [0.05, 0.1) is 0 Å². The number of hydrogen-bond acceptors (Lipinski definition) is 1. The fourth-order valence-electron chi connectivity index (χ4n) is 3.96. The van der Waals surface area contributed by atoms with E-state index in [1.54, 1.807) is 0 Å². The minimum atomic E-state index is 0.819. The predicted octanol–water partition coefficient (Wildman–Crippen LogP) is 4.23. The number of rotatable bonds is 4. The molecule has 1 nitrogen and oxygen atoms in total. The van der Waals surface area contributed by atoms with Gasteiger partial charge in [0.15, 0.2) is 0 Å². The van der Waals surface area contributed by atoms with E-state index in [4.69, 9.17) is 0 Å². The van der Waals surface area contributed by atoms with Crippen molar-refractivity contribution >= 4 is 0 Å². The molecule has 2 saturated carbocycles. The lowest BCUT2D eigenvalue weighted by molar-refractivity contribution is 0.260. The Balaban J connectivity index is 1.68. The molecule has 0 aromatic rings. The van der Waals surface area contributed by atoms with Crippen LogP contribution in [0.4, 0.5) is 0 Å². The third-order valence-electron chi connectivity index (χ3n) is 5.56. The van der Waals surface area contributed by atoms with Crippen molar-refractivity contribution in [3.8, 4) is 0 Å². The molecule has 2 aliphatic rings. The van der Waals surface area contributed by atoms with Crippen molar-refractivity contribution in [1.29, 1.82) is 0 Å². The Kier molecular flexibility index (Phi) is 4.90. The molecule has 17 heavy (non-hydrogen) atoms. The molecule has 3 unspecified atom stereocenters. The maximum Gasteiger partial charge on any atom is 0.00955 e. The Bertz CT molecular complexity index is 218. The van der Waals surface area contributed by atoms with Gasteiger partial charge in [0, 0.05) is 6.04 Å². The molecule has 0 bridgehead atoms. The van der Waals surface area contributed by atoms with Crippen molar-refractivity contribution in [2.45, 2.75) is 71.8 Å². The molecular weight excluding hydrogens is 206 g/mol. The van der Waals surface area contributed by atoms with E-state index in [0.29, 0.717) is 0 Å². The molecule has 0 saturated heterocycles. The van der Waals surface area contributed by atoms with Gasteiger partial charge in [-0.15, -0.1) is 0 Å². The maximum absolute atomic E-state index is 3.88. The molecule has 2 rings (SSSR count). The van der Waals surface area contributed by atoms with E-state index in [-0.39, 0.29) is 0 Å². The normalized spacial score (nSPS) is 42.9. The standard InChI is InChI=1S/C16H31N/c1-4-15-9-10-16(13(15)3)17-11-14-7-5-12(2)6-8-14/h12-17H,4-11H2,1-3H3. The molecule has 100 valence electrons. The summed E-state index contributed by atoms with van der Waals surface area (Å²) in [5, 5.41) is 3.88. The Hall–Kier alpha value is -0.0400. The van der Waals surface area contributed by atoms with Gasteiger partial charge in [0.2, 0.25) is 0 Å². The summed E-state index contributed by atoms with van der Waals surface area (Å²) >= 11 is 0. The second kappa shape index (κ2) is 6.22. The van der Waals surface area contributed by atoms with Crippen molar-refractivity contribution in [2.75, 3.05) is 6.54 Å². The fourth-order valence-corrected chi connectivity index (χ4v) is 3.96. The van der Waals surface area contributed by atoms with Crippen molar-refractivity contribution < 1.29 is 0 Å². The highest BCUT2D eigenvalue weighted by atomic mass is 14.9. The minimum absolute atomic E-state index is 0.819. The molecule has 0 aromatic carbocycles. The molecule has 3 atom stereocenters. The van der Waals surface area contributed by atoms with Crippen LogP contribution in [0.25, 0.3) is 0 Å². The van der Waals surface area contributed by atoms with Gasteiger partial charge in [-0.3, -0.25) is 0 Å². The zero-order chi connectivity index (χ0) is 12.3. The van der Waals surface area contributed by atoms with Gasteiger partial charge in [0.25, 0.3) is 0 Å². The lowest BCUT2D eigenvalue weighted by atomic mass is 9.83. The van der Waals surface area contributed by atoms with E-state index < -0.39 is 0 Å². The van der Waals surface area contributed by atoms with Crippen molar-refractivity contribution in [2.24, 2.45) is 23.7 Å². The molecule has 0 aromatic heterocycles. The Labute approximate surface area is 108 Å². The van der Waals surface area contributed by atoms with Crippen molar-refractivity contribution in [3.05, 3.63) is 0 Å². The van der Waals surface area contributed by atoms with Crippen LogP contribution >= 0.6 is 0 Å². The first kappa shape index (κ1) is 13.4. The summed E-state index contributed by atoms with van der Waals surface area (Å²) < 4.78 is 0. The highest BCUT2D eigenvalue weighted by Crippen LogP contribution is 2.34. The molecular formula is C16H31N. The lowest BCUT2D eigenvalue weighted by Gasteiger charge is -2.29. The van der Waals surface area contributed by atoms with E-state index >= 15 is 0 Å². The van der Waals surface area contributed by atoms with E-state index in [9.17, 15) is 0 Å². The second-order valence-corrected chi connectivity index (χ2v) is 6.75. The molecule has 2 fully saturated rings. The molecule has 1 heteroatoms. The molecule has 2 aliphatic carbocycles. The fraction of sp³-hybridized carbons (Fsp3) is 1.00. The van der Waals surface area contributed by atoms with Gasteiger partial charge in [-0.2, -0.15) is 0 Å². The first-order valence-electron chi connectivity index (χ1n) is 7.94. The highest BCUT2D eigenvalue weighted by molar-refractivity contribution is 4.87. The number of nitrogens with one attached hydrogen (secondary N) is 1. The monoisotopic (exact) mass is 237 g/mol. The van der Waals surface area contributed by atoms with E-state index in [0.717, 1.165) is 29.7 Å². The summed E-state index contributed by atoms with van der Waals surface area (Å²) in [6.07, 6.45) is 10.1. The average Bonchev–Trinajstić information content (AvgIpc) is 2.69. The lowest BCUT2D eigenvalue weighted by Crippen LogP contribution is -2.37. The van der Waals surface area contributed by atoms with E-state index in [2.05, 4.69) is 26.1 Å². The van der Waals surface area contributed by atoms with Gasteiger partial charge < -0.3 is 5.32 Å². The zero-order valence-electron chi connectivity index (χ0n) is 12.0. The Morgan fingerprint density at radius 2 is 1.65 bits per heavy atom. The summed E-state index contributed by atoms with van der Waals surface area (Å²) in [5.74, 6) is 3.85. The van der Waals surface area contributed by atoms with Gasteiger partial charge in [-0.05, 0) is 55.9 Å². The quantitative estimate of drug-likeness (QED) is 0.771. The Morgan fingerprint density at radius 1 is 0.941 bits per heavy atom. The third-order valence-corrected chi connectivity index (χ3v) is 5.56. The predicted molar refractivity (Wildman–Crippen MR) is 75.1 cm³/mol. The molecule has 1 N–H and O–H groups in total. The molecule has 0 heterocycles. The first-order valence-corrected chi connectivity index (χ1v) is 7.94. The first-order chi connectivity index (χ1) is 8.20. The van der Waals surface area contributed by atoms with Crippen LogP contribution in [0.15, 0.2) is 0 Å². The van der Waals surface area contributed by atoms with Crippen molar-refractivity contribution in [3.63, 3.8) is 0 Å². The van der Waals surface area contributed by atoms with Gasteiger partial charge in [-0.1, -0.05) is 40.0 Å². The largest absolute Gasteiger partial charge is 0.313 e. The topological polar surface area (TPSA) is 12.0 Å². The van der Waals surface area contributed by atoms with Crippen LogP contribution < -0.4 is 5.32 Å². The van der Waals surface area contributed by atoms with Crippen LogP contribution in [0.1, 0.15) is 65.7 Å². The van der Waals surface area contributed by atoms with Gasteiger partial charge >= 0.3 is 0 Å². The average molecular weight is 237 g/mol. The van der Waals surface area contributed by atoms with Crippen LogP contribution in [0.3, 0.4) is 0 Å². The van der Waals surface area contributed by atoms with Crippen LogP contribution in [-0.2, 0) is 0 Å². The zero-order valence-corrected chi connectivity index (χ0v) is 12.0. The van der Waals surface area contributed by atoms with E-state index in [1.165, 1.54) is 51.5 Å². The second-order valence-electron chi connectivity index (χ2n) is 6.75. The SMILES string of the molecule is CCC1CCC(NCC2CCC(C)CC2)C1C. The van der Waals surface area contributed by atoms with Gasteiger partial charge in [-0.25, -0.2) is 0 Å². The third kappa shape index (κ3) is 3.47. The van der Waals surface area contributed by atoms with Crippen LogP contribution in [0, 0.1) is 23.7 Å². The van der Waals surface area contributed by atoms with E-state index in [1.807, 2.05) is 0 Å². The summed E-state index contributed by atoms with van der Waals surface area (Å²) in [4.78, 5) is 0. The summed E-state index contributed by atoms with van der Waals surface area (Å²) in [6, 6.07) is 0.819. The summed E-state index contributed by atoms with van der Waals surface area (Å²) in [5.41, 5.74) is 0. The minimum Gasteiger partial charge on any atom is -0.313 e. The van der Waals surface area contributed by atoms with Crippen LogP contribution in [0.5, 0.6) is 0 Å². The summed E-state index contributed by atoms with van der Waals surface area (Å²) in [6.45, 7) is 8.51. The summed E-state index contributed by atoms with van der Waals surface area (Å²) in [7, 11) is 0. The van der Waals surface area contributed by atoms with Gasteiger partial charge in [0.1, 0.15) is 0 Å². The van der Waals surface area contributed by atoms with Crippen molar-refractivity contribution in [1.82, 2.24) is 5.32 Å². The highest BCUT2D eigenvalue weighted by Gasteiger charge is 2.31. The molecule has 0 spiro atoms. The Morgan fingerprint density at radius 3 is 2.24 bits per heavy atom. The maximum atomic E-state index is 3.88. The number of hydrogen-bond donors (Lipinski definition) is 1. The molecule has 0 amide bonds. The molecule has 0 aliphatic heterocycles. The van der Waals surface area contributed by atoms with Crippen LogP contribution in [-0.4, -0.2) is 12.6 Å². The van der Waals surface area contributed by atoms with Crippen LogP contribution in [0.2, 0.25) is 0 Å².